The minimum atomic E-state index is -0.251. The average Bonchev–Trinajstić information content (AvgIpc) is 3.48. The van der Waals surface area contributed by atoms with Crippen molar-refractivity contribution in [2.24, 2.45) is 0 Å². The normalized spacial score (nSPS) is 13.0. The molecule has 293 valence electrons. The molecule has 0 saturated heterocycles. The molecule has 4 nitrogen and oxygen atoms in total. The molecule has 2 aromatic heterocycles. The SMILES string of the molecule is CCCCCCCCC1(CCCCCCCC)c2ccccc2-c2c[c-]c(-c3ccc(-c4nc(-c5cccc6ccccc56)nc(C(C)(C)C)n4)cn3)cc21.[Ir]. The maximum Gasteiger partial charge on any atom is 0.165 e. The Morgan fingerprint density at radius 1 is 0.589 bits per heavy atom. The molecule has 7 rings (SSSR count). The van der Waals surface area contributed by atoms with Gasteiger partial charge in [0.05, 0.1) is 0 Å². The predicted octanol–water partition coefficient (Wildman–Crippen LogP) is 14.3. The number of unbranched alkanes of at least 4 members (excludes halogenated alkanes) is 10. The van der Waals surface area contributed by atoms with Crippen LogP contribution in [0.3, 0.4) is 0 Å². The number of fused-ring (bicyclic) bond motifs is 4. The van der Waals surface area contributed by atoms with Crippen LogP contribution in [0, 0.1) is 6.07 Å². The Bertz CT molecular complexity index is 2180. The topological polar surface area (TPSA) is 51.6 Å². The van der Waals surface area contributed by atoms with Crippen molar-refractivity contribution in [3.63, 3.8) is 0 Å². The van der Waals surface area contributed by atoms with Crippen LogP contribution in [-0.4, -0.2) is 19.9 Å². The summed E-state index contributed by atoms with van der Waals surface area (Å²) in [7, 11) is 0. The van der Waals surface area contributed by atoms with Crippen LogP contribution < -0.4 is 0 Å². The summed E-state index contributed by atoms with van der Waals surface area (Å²) in [5.41, 5.74) is 9.39. The van der Waals surface area contributed by atoms with Gasteiger partial charge in [0.1, 0.15) is 5.82 Å². The summed E-state index contributed by atoms with van der Waals surface area (Å²) in [6.45, 7) is 11.1. The van der Waals surface area contributed by atoms with E-state index in [-0.39, 0.29) is 30.9 Å². The molecule has 0 atom stereocenters. The Balaban J connectivity index is 0.00000532. The van der Waals surface area contributed by atoms with Crippen molar-refractivity contribution in [1.29, 1.82) is 0 Å². The van der Waals surface area contributed by atoms with Gasteiger partial charge in [-0.1, -0.05) is 202 Å². The first-order valence-corrected chi connectivity index (χ1v) is 21.2. The summed E-state index contributed by atoms with van der Waals surface area (Å²) in [5.74, 6) is 2.10. The summed E-state index contributed by atoms with van der Waals surface area (Å²) in [6.07, 6.45) is 20.1. The van der Waals surface area contributed by atoms with Gasteiger partial charge in [-0.25, -0.2) is 15.0 Å². The fourth-order valence-corrected chi connectivity index (χ4v) is 8.68. The van der Waals surface area contributed by atoms with E-state index in [9.17, 15) is 0 Å². The Labute approximate surface area is 349 Å². The Hall–Kier alpha value is -4.05. The van der Waals surface area contributed by atoms with Gasteiger partial charge in [0, 0.05) is 48.3 Å². The Kier molecular flexibility index (Phi) is 14.1. The summed E-state index contributed by atoms with van der Waals surface area (Å²) in [4.78, 5) is 20.1. The first-order chi connectivity index (χ1) is 26.8. The molecule has 0 unspecified atom stereocenters. The van der Waals surface area contributed by atoms with Crippen LogP contribution in [-0.2, 0) is 30.9 Å². The van der Waals surface area contributed by atoms with Crippen LogP contribution in [0.15, 0.2) is 97.2 Å². The summed E-state index contributed by atoms with van der Waals surface area (Å²) >= 11 is 0. The number of hydrogen-bond donors (Lipinski definition) is 0. The van der Waals surface area contributed by atoms with E-state index in [0.717, 1.165) is 33.6 Å². The molecular weight excluding hydrogens is 861 g/mol. The molecule has 1 aliphatic rings. The molecule has 4 aromatic carbocycles. The van der Waals surface area contributed by atoms with Gasteiger partial charge in [0.15, 0.2) is 11.6 Å². The summed E-state index contributed by atoms with van der Waals surface area (Å²) in [5, 5.41) is 2.30. The molecule has 6 aromatic rings. The van der Waals surface area contributed by atoms with Crippen molar-refractivity contribution in [1.82, 2.24) is 19.9 Å². The van der Waals surface area contributed by atoms with Gasteiger partial charge in [-0.3, -0.25) is 0 Å². The van der Waals surface area contributed by atoms with E-state index in [1.807, 2.05) is 6.20 Å². The number of nitrogens with zero attached hydrogens (tertiary/aromatic N) is 4. The number of aromatic nitrogens is 4. The molecule has 0 amide bonds. The van der Waals surface area contributed by atoms with E-state index in [1.54, 1.807) is 0 Å². The molecule has 0 N–H and O–H groups in total. The van der Waals surface area contributed by atoms with E-state index in [1.165, 1.54) is 118 Å². The van der Waals surface area contributed by atoms with E-state index in [2.05, 4.69) is 132 Å². The van der Waals surface area contributed by atoms with E-state index < -0.39 is 0 Å². The molecule has 5 heteroatoms. The quantitative estimate of drug-likeness (QED) is 0.0676. The summed E-state index contributed by atoms with van der Waals surface area (Å²) < 4.78 is 0. The fourth-order valence-electron chi connectivity index (χ4n) is 8.68. The molecule has 0 saturated carbocycles. The molecule has 1 aliphatic carbocycles. The zero-order valence-corrected chi connectivity index (χ0v) is 36.7. The zero-order valence-electron chi connectivity index (χ0n) is 34.3. The molecule has 2 heterocycles. The first kappa shape index (κ1) is 41.6. The Morgan fingerprint density at radius 3 is 1.91 bits per heavy atom. The summed E-state index contributed by atoms with van der Waals surface area (Å²) in [6, 6.07) is 36.6. The maximum absolute atomic E-state index is 5.07. The minimum Gasteiger partial charge on any atom is -0.304 e. The zero-order chi connectivity index (χ0) is 38.3. The average molecular weight is 920 g/mol. The second kappa shape index (κ2) is 18.9. The second-order valence-electron chi connectivity index (χ2n) is 16.9. The third-order valence-corrected chi connectivity index (χ3v) is 11.7. The van der Waals surface area contributed by atoms with E-state index >= 15 is 0 Å². The van der Waals surface area contributed by atoms with E-state index in [0.29, 0.717) is 11.6 Å². The smallest absolute Gasteiger partial charge is 0.165 e. The van der Waals surface area contributed by atoms with Gasteiger partial charge in [0.25, 0.3) is 0 Å². The van der Waals surface area contributed by atoms with Crippen LogP contribution in [0.2, 0.25) is 0 Å². The first-order valence-electron chi connectivity index (χ1n) is 21.2. The second-order valence-corrected chi connectivity index (χ2v) is 16.9. The predicted molar refractivity (Wildman–Crippen MR) is 231 cm³/mol. The number of hydrogen-bond acceptors (Lipinski definition) is 4. The number of rotatable bonds is 17. The number of benzene rings is 4. The molecule has 0 spiro atoms. The molecule has 0 fully saturated rings. The van der Waals surface area contributed by atoms with Crippen LogP contribution in [0.5, 0.6) is 0 Å². The standard InChI is InChI=1S/C51H59N4.Ir/c1-6-8-10-12-14-20-33-51(34-21-15-13-11-9-7-2)44-28-19-18-26-41(44)42-31-29-38(35-45(42)51)46-32-30-39(36-52-46)47-53-48(55-49(54-47)50(3,4)5)43-27-22-24-37-23-16-17-25-40(37)43;/h16-19,22-28,30-32,35-36H,6-15,20-21,33-34H2,1-5H3;/q-1;. The molecule has 56 heavy (non-hydrogen) atoms. The van der Waals surface area contributed by atoms with Crippen molar-refractivity contribution < 1.29 is 20.1 Å². The third-order valence-electron chi connectivity index (χ3n) is 11.7. The van der Waals surface area contributed by atoms with Gasteiger partial charge < -0.3 is 4.98 Å². The molecule has 0 bridgehead atoms. The van der Waals surface area contributed by atoms with Gasteiger partial charge >= 0.3 is 0 Å². The Morgan fingerprint density at radius 2 is 1.21 bits per heavy atom. The monoisotopic (exact) mass is 920 g/mol. The van der Waals surface area contributed by atoms with Gasteiger partial charge in [-0.05, 0) is 34.9 Å². The van der Waals surface area contributed by atoms with Crippen molar-refractivity contribution in [3.05, 3.63) is 120 Å². The molecule has 0 aliphatic heterocycles. The van der Waals surface area contributed by atoms with Gasteiger partial charge in [-0.15, -0.1) is 29.3 Å². The van der Waals surface area contributed by atoms with Crippen LogP contribution in [0.25, 0.3) is 55.9 Å². The van der Waals surface area contributed by atoms with Crippen LogP contribution >= 0.6 is 0 Å². The molecule has 1 radical (unpaired) electrons. The largest absolute Gasteiger partial charge is 0.304 e. The van der Waals surface area contributed by atoms with Gasteiger partial charge in [0.2, 0.25) is 0 Å². The van der Waals surface area contributed by atoms with Crippen molar-refractivity contribution in [2.45, 2.75) is 135 Å². The fraction of sp³-hybridized carbons (Fsp3) is 0.412. The third kappa shape index (κ3) is 9.06. The van der Waals surface area contributed by atoms with E-state index in [4.69, 9.17) is 19.9 Å². The van der Waals surface area contributed by atoms with Crippen LogP contribution in [0.1, 0.15) is 141 Å². The maximum atomic E-state index is 5.07. The number of pyridine rings is 1. The molecular formula is C51H59IrN4-. The van der Waals surface area contributed by atoms with Crippen LogP contribution in [0.4, 0.5) is 0 Å². The van der Waals surface area contributed by atoms with Crippen molar-refractivity contribution in [2.75, 3.05) is 0 Å². The van der Waals surface area contributed by atoms with Crippen molar-refractivity contribution >= 4 is 10.8 Å². The van der Waals surface area contributed by atoms with Crippen molar-refractivity contribution in [3.8, 4) is 45.2 Å². The van der Waals surface area contributed by atoms with Gasteiger partial charge in [-0.2, -0.15) is 0 Å². The minimum absolute atomic E-state index is 0.